The van der Waals surface area contributed by atoms with E-state index < -0.39 is 0 Å². The van der Waals surface area contributed by atoms with Crippen LogP contribution in [0.4, 0.5) is 0 Å². The quantitative estimate of drug-likeness (QED) is 0.841. The van der Waals surface area contributed by atoms with Crippen LogP contribution < -0.4 is 5.73 Å². The minimum atomic E-state index is 0.0693. The van der Waals surface area contributed by atoms with E-state index in [1.165, 1.54) is 38.5 Å². The van der Waals surface area contributed by atoms with Crippen molar-refractivity contribution in [3.63, 3.8) is 0 Å². The van der Waals surface area contributed by atoms with Crippen LogP contribution >= 0.6 is 0 Å². The van der Waals surface area contributed by atoms with Crippen LogP contribution in [0.2, 0.25) is 0 Å². The van der Waals surface area contributed by atoms with Crippen LogP contribution in [0.15, 0.2) is 0 Å². The molecule has 2 rings (SSSR count). The molecule has 118 valence electrons. The number of nitrogens with two attached hydrogens (primary N) is 1. The van der Waals surface area contributed by atoms with Gasteiger partial charge >= 0.3 is 0 Å². The fourth-order valence-corrected chi connectivity index (χ4v) is 4.34. The Bertz CT molecular complexity index is 318. The lowest BCUT2D eigenvalue weighted by molar-refractivity contribution is -0.0525. The SMILES string of the molecule is CCN(CC1CCC(C)(C)O1)C1(CN)CCCC(C)C1. The molecule has 1 heterocycles. The highest BCUT2D eigenvalue weighted by atomic mass is 16.5. The highest BCUT2D eigenvalue weighted by molar-refractivity contribution is 4.97. The molecule has 1 saturated carbocycles. The Morgan fingerprint density at radius 1 is 1.25 bits per heavy atom. The number of likely N-dealkylation sites (N-methyl/N-ethyl adjacent to an activating group) is 1. The van der Waals surface area contributed by atoms with Crippen LogP contribution in [0.3, 0.4) is 0 Å². The molecule has 3 heteroatoms. The van der Waals surface area contributed by atoms with Crippen LogP contribution in [0.25, 0.3) is 0 Å². The lowest BCUT2D eigenvalue weighted by Crippen LogP contribution is -2.58. The summed E-state index contributed by atoms with van der Waals surface area (Å²) >= 11 is 0. The molecule has 0 amide bonds. The van der Waals surface area contributed by atoms with Gasteiger partial charge in [-0.2, -0.15) is 0 Å². The van der Waals surface area contributed by atoms with Gasteiger partial charge in [0.2, 0.25) is 0 Å². The van der Waals surface area contributed by atoms with E-state index in [1.54, 1.807) is 0 Å². The van der Waals surface area contributed by atoms with Crippen molar-refractivity contribution in [1.29, 1.82) is 0 Å². The summed E-state index contributed by atoms with van der Waals surface area (Å²) in [5.41, 5.74) is 6.52. The van der Waals surface area contributed by atoms with Gasteiger partial charge < -0.3 is 10.5 Å². The number of hydrogen-bond acceptors (Lipinski definition) is 3. The molecule has 0 aromatic heterocycles. The van der Waals surface area contributed by atoms with E-state index in [4.69, 9.17) is 10.5 Å². The van der Waals surface area contributed by atoms with Crippen molar-refractivity contribution in [3.8, 4) is 0 Å². The van der Waals surface area contributed by atoms with Crippen molar-refractivity contribution < 1.29 is 4.74 Å². The summed E-state index contributed by atoms with van der Waals surface area (Å²) in [7, 11) is 0. The zero-order valence-electron chi connectivity index (χ0n) is 14.0. The van der Waals surface area contributed by atoms with Crippen LogP contribution in [0.5, 0.6) is 0 Å². The van der Waals surface area contributed by atoms with Gasteiger partial charge in [0.25, 0.3) is 0 Å². The predicted octanol–water partition coefficient (Wildman–Crippen LogP) is 3.17. The average Bonchev–Trinajstić information content (AvgIpc) is 2.75. The largest absolute Gasteiger partial charge is 0.371 e. The maximum atomic E-state index is 6.22. The van der Waals surface area contributed by atoms with Gasteiger partial charge in [0.15, 0.2) is 0 Å². The lowest BCUT2D eigenvalue weighted by atomic mass is 9.75. The van der Waals surface area contributed by atoms with E-state index in [2.05, 4.69) is 32.6 Å². The van der Waals surface area contributed by atoms with Crippen LogP contribution in [0, 0.1) is 5.92 Å². The molecule has 2 aliphatic rings. The minimum Gasteiger partial charge on any atom is -0.371 e. The second-order valence-corrected chi connectivity index (χ2v) is 7.71. The zero-order valence-corrected chi connectivity index (χ0v) is 14.0. The lowest BCUT2D eigenvalue weighted by Gasteiger charge is -2.48. The van der Waals surface area contributed by atoms with Crippen LogP contribution in [-0.2, 0) is 4.74 Å². The summed E-state index contributed by atoms with van der Waals surface area (Å²) in [5.74, 6) is 0.808. The van der Waals surface area contributed by atoms with Gasteiger partial charge in [-0.3, -0.25) is 4.90 Å². The Hall–Kier alpha value is -0.120. The number of ether oxygens (including phenoxy) is 1. The van der Waals surface area contributed by atoms with Gasteiger partial charge in [0.1, 0.15) is 0 Å². The molecule has 2 N–H and O–H groups in total. The summed E-state index contributed by atoms with van der Waals surface area (Å²) in [4.78, 5) is 2.63. The fourth-order valence-electron chi connectivity index (χ4n) is 4.34. The second kappa shape index (κ2) is 6.33. The predicted molar refractivity (Wildman–Crippen MR) is 84.9 cm³/mol. The topological polar surface area (TPSA) is 38.5 Å². The van der Waals surface area contributed by atoms with E-state index in [0.29, 0.717) is 6.10 Å². The number of hydrogen-bond donors (Lipinski definition) is 1. The first kappa shape index (κ1) is 16.3. The van der Waals surface area contributed by atoms with Gasteiger partial charge in [0.05, 0.1) is 11.7 Å². The van der Waals surface area contributed by atoms with Gasteiger partial charge in [-0.05, 0) is 52.0 Å². The molecular formula is C17H34N2O. The van der Waals surface area contributed by atoms with E-state index in [0.717, 1.165) is 25.6 Å². The monoisotopic (exact) mass is 282 g/mol. The first-order valence-corrected chi connectivity index (χ1v) is 8.54. The zero-order chi connectivity index (χ0) is 14.8. The smallest absolute Gasteiger partial charge is 0.0710 e. The maximum Gasteiger partial charge on any atom is 0.0710 e. The number of rotatable bonds is 5. The maximum absolute atomic E-state index is 6.22. The summed E-state index contributed by atoms with van der Waals surface area (Å²) in [6.07, 6.45) is 7.98. The Morgan fingerprint density at radius 2 is 2.00 bits per heavy atom. The Kier molecular flexibility index (Phi) is 5.14. The first-order chi connectivity index (χ1) is 9.41. The van der Waals surface area contributed by atoms with Crippen molar-refractivity contribution in [2.45, 2.75) is 83.5 Å². The van der Waals surface area contributed by atoms with Crippen molar-refractivity contribution in [2.75, 3.05) is 19.6 Å². The molecule has 1 saturated heterocycles. The molecule has 2 fully saturated rings. The Morgan fingerprint density at radius 3 is 2.50 bits per heavy atom. The average molecular weight is 282 g/mol. The summed E-state index contributed by atoms with van der Waals surface area (Å²) in [5, 5.41) is 0. The highest BCUT2D eigenvalue weighted by Gasteiger charge is 2.41. The second-order valence-electron chi connectivity index (χ2n) is 7.71. The van der Waals surface area contributed by atoms with Crippen molar-refractivity contribution in [3.05, 3.63) is 0 Å². The Balaban J connectivity index is 2.02. The molecule has 1 aliphatic carbocycles. The van der Waals surface area contributed by atoms with E-state index in [-0.39, 0.29) is 11.1 Å². The van der Waals surface area contributed by atoms with Gasteiger partial charge in [-0.1, -0.05) is 26.7 Å². The molecule has 3 nitrogen and oxygen atoms in total. The molecule has 0 aromatic rings. The molecule has 1 aliphatic heterocycles. The minimum absolute atomic E-state index is 0.0693. The van der Waals surface area contributed by atoms with Crippen LogP contribution in [0.1, 0.15) is 66.2 Å². The van der Waals surface area contributed by atoms with E-state index in [1.807, 2.05) is 0 Å². The third kappa shape index (κ3) is 3.55. The van der Waals surface area contributed by atoms with Crippen molar-refractivity contribution in [1.82, 2.24) is 4.90 Å². The molecule has 0 bridgehead atoms. The summed E-state index contributed by atoms with van der Waals surface area (Å²) < 4.78 is 6.21. The number of nitrogens with zero attached hydrogens (tertiary/aromatic N) is 1. The molecule has 20 heavy (non-hydrogen) atoms. The molecule has 0 radical (unpaired) electrons. The third-order valence-corrected chi connectivity index (χ3v) is 5.48. The molecule has 0 spiro atoms. The van der Waals surface area contributed by atoms with E-state index in [9.17, 15) is 0 Å². The standard InChI is InChI=1S/C17H34N2O/c1-5-19(12-15-8-10-16(3,4)20-15)17(13-18)9-6-7-14(2)11-17/h14-15H,5-13,18H2,1-4H3. The fraction of sp³-hybridized carbons (Fsp3) is 1.00. The summed E-state index contributed by atoms with van der Waals surface area (Å²) in [6.45, 7) is 12.0. The van der Waals surface area contributed by atoms with Crippen LogP contribution in [-0.4, -0.2) is 41.8 Å². The summed E-state index contributed by atoms with van der Waals surface area (Å²) in [6, 6.07) is 0. The van der Waals surface area contributed by atoms with Crippen molar-refractivity contribution in [2.24, 2.45) is 11.7 Å². The molecular weight excluding hydrogens is 248 g/mol. The molecule has 3 unspecified atom stereocenters. The molecule has 0 aromatic carbocycles. The highest BCUT2D eigenvalue weighted by Crippen LogP contribution is 2.38. The molecule has 3 atom stereocenters. The van der Waals surface area contributed by atoms with Crippen molar-refractivity contribution >= 4 is 0 Å². The third-order valence-electron chi connectivity index (χ3n) is 5.48. The van der Waals surface area contributed by atoms with E-state index >= 15 is 0 Å². The Labute approximate surface area is 125 Å². The first-order valence-electron chi connectivity index (χ1n) is 8.54. The normalized spacial score (nSPS) is 37.5. The van der Waals surface area contributed by atoms with Gasteiger partial charge in [-0.25, -0.2) is 0 Å². The van der Waals surface area contributed by atoms with Gasteiger partial charge in [0, 0.05) is 18.6 Å². The van der Waals surface area contributed by atoms with Gasteiger partial charge in [-0.15, -0.1) is 0 Å².